The van der Waals surface area contributed by atoms with Gasteiger partial charge >= 0.3 is 10.8 Å². The summed E-state index contributed by atoms with van der Waals surface area (Å²) in [6.45, 7) is 0.128. The molecule has 29 heavy (non-hydrogen) atoms. The van der Waals surface area contributed by atoms with Gasteiger partial charge in [-0.25, -0.2) is 10.2 Å². The molecule has 2 N–H and O–H groups in total. The lowest BCUT2D eigenvalue weighted by atomic mass is 10.1. The number of rotatable bonds is 7. The lowest BCUT2D eigenvalue weighted by Crippen LogP contribution is -2.19. The van der Waals surface area contributed by atoms with Crippen LogP contribution in [-0.4, -0.2) is 27.8 Å². The van der Waals surface area contributed by atoms with E-state index < -0.39 is 5.97 Å². The number of carboxylic acid groups (broad SMARTS) is 1. The van der Waals surface area contributed by atoms with E-state index in [0.29, 0.717) is 10.4 Å². The summed E-state index contributed by atoms with van der Waals surface area (Å²) in [6, 6.07) is 15.5. The van der Waals surface area contributed by atoms with Crippen molar-refractivity contribution in [1.29, 1.82) is 0 Å². The number of carbonyl (C=O) groups excluding carboxylic acids is 1. The van der Waals surface area contributed by atoms with Gasteiger partial charge in [-0.05, 0) is 23.3 Å². The van der Waals surface area contributed by atoms with Gasteiger partial charge in [0.05, 0.1) is 29.6 Å². The summed E-state index contributed by atoms with van der Waals surface area (Å²) in [5.74, 6) is -1.34. The Morgan fingerprint density at radius 3 is 2.59 bits per heavy atom. The SMILES string of the molecule is O=C(Cc1ccccc1)N/N=C\c1sc(=O)n(Cc2cccc(C(=O)O)c2)c1Cl. The number of aromatic nitrogens is 1. The number of halogens is 1. The zero-order chi connectivity index (χ0) is 20.8. The van der Waals surface area contributed by atoms with E-state index in [0.717, 1.165) is 16.9 Å². The van der Waals surface area contributed by atoms with Crippen molar-refractivity contribution >= 4 is 41.0 Å². The minimum Gasteiger partial charge on any atom is -0.478 e. The van der Waals surface area contributed by atoms with E-state index in [9.17, 15) is 14.4 Å². The Labute approximate surface area is 174 Å². The minimum atomic E-state index is -1.05. The summed E-state index contributed by atoms with van der Waals surface area (Å²) in [7, 11) is 0. The van der Waals surface area contributed by atoms with Gasteiger partial charge in [-0.2, -0.15) is 5.10 Å². The summed E-state index contributed by atoms with van der Waals surface area (Å²) in [5, 5.41) is 13.1. The van der Waals surface area contributed by atoms with Crippen molar-refractivity contribution in [3.05, 3.63) is 91.0 Å². The molecule has 1 aromatic heterocycles. The number of nitrogens with zero attached hydrogens (tertiary/aromatic N) is 2. The van der Waals surface area contributed by atoms with Crippen molar-refractivity contribution in [2.24, 2.45) is 5.10 Å². The molecule has 0 atom stereocenters. The largest absolute Gasteiger partial charge is 0.478 e. The molecule has 3 rings (SSSR count). The first-order valence-electron chi connectivity index (χ1n) is 8.51. The first-order valence-corrected chi connectivity index (χ1v) is 9.70. The summed E-state index contributed by atoms with van der Waals surface area (Å²) in [6.07, 6.45) is 1.50. The number of hydrogen-bond acceptors (Lipinski definition) is 5. The molecule has 3 aromatic rings. The maximum atomic E-state index is 12.3. The quantitative estimate of drug-likeness (QED) is 0.445. The summed E-state index contributed by atoms with van der Waals surface area (Å²) < 4.78 is 1.32. The number of carbonyl (C=O) groups is 2. The molecule has 148 valence electrons. The van der Waals surface area contributed by atoms with Crippen molar-refractivity contribution in [3.63, 3.8) is 0 Å². The molecular weight excluding hydrogens is 414 g/mol. The number of nitrogens with one attached hydrogen (secondary N) is 1. The number of aromatic carboxylic acids is 1. The van der Waals surface area contributed by atoms with Gasteiger partial charge in [0.25, 0.3) is 0 Å². The van der Waals surface area contributed by atoms with Crippen LogP contribution in [0.2, 0.25) is 5.15 Å². The first kappa shape index (κ1) is 20.5. The average molecular weight is 430 g/mol. The predicted octanol–water partition coefficient (Wildman–Crippen LogP) is 3.00. The van der Waals surface area contributed by atoms with Crippen LogP contribution in [-0.2, 0) is 17.8 Å². The second-order valence-corrected chi connectivity index (χ2v) is 7.42. The molecular formula is C20H16ClN3O4S. The van der Waals surface area contributed by atoms with Crippen LogP contribution < -0.4 is 10.3 Å². The number of benzene rings is 2. The molecule has 0 aliphatic carbocycles. The van der Waals surface area contributed by atoms with E-state index in [1.54, 1.807) is 12.1 Å². The number of hydrazone groups is 1. The van der Waals surface area contributed by atoms with Gasteiger partial charge in [0.1, 0.15) is 5.15 Å². The standard InChI is InChI=1S/C20H16ClN3O4S/c21-18-16(11-22-23-17(25)10-13-5-2-1-3-6-13)29-20(28)24(18)12-14-7-4-8-15(9-14)19(26)27/h1-9,11H,10,12H2,(H,23,25)(H,26,27)/b22-11-. The molecule has 2 aromatic carbocycles. The highest BCUT2D eigenvalue weighted by Crippen LogP contribution is 2.18. The molecule has 0 aliphatic heterocycles. The van der Waals surface area contributed by atoms with Crippen LogP contribution in [0, 0.1) is 0 Å². The maximum absolute atomic E-state index is 12.3. The summed E-state index contributed by atoms with van der Waals surface area (Å²) in [5.41, 5.74) is 4.03. The van der Waals surface area contributed by atoms with E-state index in [2.05, 4.69) is 10.5 Å². The highest BCUT2D eigenvalue weighted by atomic mass is 35.5. The monoisotopic (exact) mass is 429 g/mol. The van der Waals surface area contributed by atoms with Crippen LogP contribution in [0.5, 0.6) is 0 Å². The van der Waals surface area contributed by atoms with Gasteiger partial charge in [-0.1, -0.05) is 65.4 Å². The second kappa shape index (κ2) is 9.31. The molecule has 0 fully saturated rings. The molecule has 0 unspecified atom stereocenters. The van der Waals surface area contributed by atoms with Gasteiger partial charge < -0.3 is 5.11 Å². The predicted molar refractivity (Wildman–Crippen MR) is 112 cm³/mol. The molecule has 0 saturated heterocycles. The molecule has 1 amide bonds. The van der Waals surface area contributed by atoms with E-state index in [4.69, 9.17) is 16.7 Å². The molecule has 0 aliphatic rings. The van der Waals surface area contributed by atoms with E-state index in [1.165, 1.54) is 22.9 Å². The van der Waals surface area contributed by atoms with E-state index in [-0.39, 0.29) is 34.5 Å². The third-order valence-electron chi connectivity index (χ3n) is 3.95. The Morgan fingerprint density at radius 1 is 1.14 bits per heavy atom. The normalized spacial score (nSPS) is 10.9. The smallest absolute Gasteiger partial charge is 0.335 e. The van der Waals surface area contributed by atoms with Crippen LogP contribution >= 0.6 is 22.9 Å². The fourth-order valence-electron chi connectivity index (χ4n) is 2.59. The summed E-state index contributed by atoms with van der Waals surface area (Å²) >= 11 is 7.16. The van der Waals surface area contributed by atoms with Crippen molar-refractivity contribution in [2.75, 3.05) is 0 Å². The van der Waals surface area contributed by atoms with Gasteiger partial charge in [0.2, 0.25) is 5.91 Å². The number of thiazole rings is 1. The number of carboxylic acids is 1. The van der Waals surface area contributed by atoms with Gasteiger partial charge in [0.15, 0.2) is 0 Å². The van der Waals surface area contributed by atoms with Gasteiger partial charge in [0, 0.05) is 0 Å². The minimum absolute atomic E-state index is 0.128. The van der Waals surface area contributed by atoms with Crippen molar-refractivity contribution in [2.45, 2.75) is 13.0 Å². The molecule has 9 heteroatoms. The molecule has 0 saturated carbocycles. The maximum Gasteiger partial charge on any atom is 0.335 e. The average Bonchev–Trinajstić information content (AvgIpc) is 2.96. The fraction of sp³-hybridized carbons (Fsp3) is 0.100. The topological polar surface area (TPSA) is 101 Å². The van der Waals surface area contributed by atoms with Crippen molar-refractivity contribution in [1.82, 2.24) is 9.99 Å². The van der Waals surface area contributed by atoms with Crippen molar-refractivity contribution < 1.29 is 14.7 Å². The third-order valence-corrected chi connectivity index (χ3v) is 5.38. The Kier molecular flexibility index (Phi) is 6.58. The first-order chi connectivity index (χ1) is 13.9. The van der Waals surface area contributed by atoms with E-state index >= 15 is 0 Å². The highest BCUT2D eigenvalue weighted by Gasteiger charge is 2.13. The number of amides is 1. The third kappa shape index (κ3) is 5.40. The molecule has 7 nitrogen and oxygen atoms in total. The van der Waals surface area contributed by atoms with Gasteiger partial charge in [-0.3, -0.25) is 14.2 Å². The fourth-order valence-corrected chi connectivity index (χ4v) is 3.69. The molecule has 0 radical (unpaired) electrons. The Morgan fingerprint density at radius 2 is 1.86 bits per heavy atom. The Bertz CT molecular complexity index is 1120. The number of hydrogen-bond donors (Lipinski definition) is 2. The molecule has 1 heterocycles. The van der Waals surface area contributed by atoms with Gasteiger partial charge in [-0.15, -0.1) is 0 Å². The summed E-state index contributed by atoms with van der Waals surface area (Å²) in [4.78, 5) is 35.3. The highest BCUT2D eigenvalue weighted by molar-refractivity contribution is 7.11. The molecule has 0 bridgehead atoms. The van der Waals surface area contributed by atoms with Crippen LogP contribution in [0.3, 0.4) is 0 Å². The lowest BCUT2D eigenvalue weighted by Gasteiger charge is -2.05. The van der Waals surface area contributed by atoms with Crippen LogP contribution in [0.15, 0.2) is 64.5 Å². The lowest BCUT2D eigenvalue weighted by molar-refractivity contribution is -0.120. The van der Waals surface area contributed by atoms with Crippen LogP contribution in [0.25, 0.3) is 0 Å². The molecule has 0 spiro atoms. The van der Waals surface area contributed by atoms with E-state index in [1.807, 2.05) is 30.3 Å². The second-order valence-electron chi connectivity index (χ2n) is 6.07. The Balaban J connectivity index is 1.68. The van der Waals surface area contributed by atoms with Crippen LogP contribution in [0.4, 0.5) is 0 Å². The zero-order valence-electron chi connectivity index (χ0n) is 15.0. The van der Waals surface area contributed by atoms with Crippen LogP contribution in [0.1, 0.15) is 26.4 Å². The zero-order valence-corrected chi connectivity index (χ0v) is 16.6. The van der Waals surface area contributed by atoms with Crippen molar-refractivity contribution in [3.8, 4) is 0 Å². The Hall–Kier alpha value is -3.23.